The quantitative estimate of drug-likeness (QED) is 0.597. The van der Waals surface area contributed by atoms with Gasteiger partial charge in [0, 0.05) is 10.6 Å². The molecule has 0 saturated carbocycles. The number of aromatic nitrogens is 2. The Bertz CT molecular complexity index is 1060. The Kier molecular flexibility index (Phi) is 6.17. The molecule has 2 heterocycles. The summed E-state index contributed by atoms with van der Waals surface area (Å²) in [6, 6.07) is 7.80. The van der Waals surface area contributed by atoms with Crippen LogP contribution < -0.4 is 10.9 Å². The summed E-state index contributed by atoms with van der Waals surface area (Å²) in [5.41, 5.74) is 1.52. The summed E-state index contributed by atoms with van der Waals surface area (Å²) >= 11 is 7.16. The van der Waals surface area contributed by atoms with Gasteiger partial charge in [0.2, 0.25) is 0 Å². The molecule has 3 aromatic rings. The van der Waals surface area contributed by atoms with E-state index in [2.05, 4.69) is 22.2 Å². The van der Waals surface area contributed by atoms with Crippen LogP contribution in [0.3, 0.4) is 0 Å². The number of quaternary nitrogens is 1. The highest BCUT2D eigenvalue weighted by molar-refractivity contribution is 7.20. The Hall–Kier alpha value is -2.22. The minimum atomic E-state index is -0.417. The number of aryl methyl sites for hydroxylation is 1. The van der Waals surface area contributed by atoms with Gasteiger partial charge in [0.1, 0.15) is 21.8 Å². The molecule has 28 heavy (non-hydrogen) atoms. The number of hydrogen-bond acceptors (Lipinski definition) is 5. The average Bonchev–Trinajstić information content (AvgIpc) is 2.99. The molecular weight excluding hydrogens is 398 g/mol. The van der Waals surface area contributed by atoms with Crippen molar-refractivity contribution in [1.82, 2.24) is 9.97 Å². The fraction of sp³-hybridized carbons (Fsp3) is 0.350. The van der Waals surface area contributed by atoms with Crippen LogP contribution in [0.5, 0.6) is 0 Å². The first-order valence-corrected chi connectivity index (χ1v) is 10.3. The predicted molar refractivity (Wildman–Crippen MR) is 111 cm³/mol. The second-order valence-corrected chi connectivity index (χ2v) is 8.16. The molecule has 2 aromatic heterocycles. The predicted octanol–water partition coefficient (Wildman–Crippen LogP) is 3.51. The zero-order valence-corrected chi connectivity index (χ0v) is 17.8. The number of nitrogens with two attached hydrogens (primary N) is 1. The van der Waals surface area contributed by atoms with Gasteiger partial charge in [-0.1, -0.05) is 23.7 Å². The second kappa shape index (κ2) is 8.43. The fourth-order valence-electron chi connectivity index (χ4n) is 3.17. The third kappa shape index (κ3) is 4.11. The molecule has 0 saturated heterocycles. The zero-order valence-electron chi connectivity index (χ0n) is 16.2. The number of nitrogens with zero attached hydrogens (tertiary/aromatic N) is 1. The number of benzene rings is 1. The number of fused-ring (bicyclic) bond motifs is 1. The molecule has 6 nitrogen and oxygen atoms in total. The molecular formula is C20H23ClN3O3S+. The molecule has 1 aromatic carbocycles. The number of carbonyl (C=O) groups excluding carboxylic acids is 1. The van der Waals surface area contributed by atoms with Crippen LogP contribution in [0.1, 0.15) is 59.5 Å². The molecule has 0 fully saturated rings. The number of nitrogens with one attached hydrogen (secondary N) is 1. The van der Waals surface area contributed by atoms with E-state index in [1.54, 1.807) is 13.8 Å². The normalized spacial score (nSPS) is 13.5. The third-order valence-electron chi connectivity index (χ3n) is 4.68. The maximum Gasteiger partial charge on any atom is 0.348 e. The van der Waals surface area contributed by atoms with Crippen LogP contribution >= 0.6 is 22.9 Å². The van der Waals surface area contributed by atoms with E-state index in [9.17, 15) is 9.59 Å². The average molecular weight is 421 g/mol. The molecule has 2 atom stereocenters. The number of carbonyl (C=O) groups is 1. The molecule has 3 rings (SSSR count). The van der Waals surface area contributed by atoms with Gasteiger partial charge in [0.05, 0.1) is 12.0 Å². The van der Waals surface area contributed by atoms with Crippen molar-refractivity contribution >= 4 is 39.1 Å². The first kappa shape index (κ1) is 20.5. The van der Waals surface area contributed by atoms with E-state index in [1.807, 2.05) is 31.2 Å². The van der Waals surface area contributed by atoms with Gasteiger partial charge in [-0.3, -0.25) is 4.79 Å². The number of aromatic amines is 1. The van der Waals surface area contributed by atoms with Crippen molar-refractivity contribution in [3.8, 4) is 0 Å². The highest BCUT2D eigenvalue weighted by atomic mass is 35.5. The van der Waals surface area contributed by atoms with Crippen LogP contribution in [-0.4, -0.2) is 22.5 Å². The molecule has 0 aliphatic carbocycles. The molecule has 0 unspecified atom stereocenters. The number of halogens is 1. The second-order valence-electron chi connectivity index (χ2n) is 6.73. The van der Waals surface area contributed by atoms with Gasteiger partial charge in [-0.15, -0.1) is 11.3 Å². The first-order chi connectivity index (χ1) is 13.3. The lowest BCUT2D eigenvalue weighted by atomic mass is 10.1. The van der Waals surface area contributed by atoms with Gasteiger partial charge in [-0.05, 0) is 45.4 Å². The SMILES string of the molecule is CCOC(=O)c1sc2nc([C@H](C)[NH2+][C@H](C)c3ccc(Cl)cc3)[nH]c(=O)c2c1C. The number of esters is 1. The van der Waals surface area contributed by atoms with E-state index in [1.165, 1.54) is 11.3 Å². The summed E-state index contributed by atoms with van der Waals surface area (Å²) in [7, 11) is 0. The highest BCUT2D eigenvalue weighted by Gasteiger charge is 2.23. The summed E-state index contributed by atoms with van der Waals surface area (Å²) in [5.74, 6) is 0.162. The molecule has 3 N–H and O–H groups in total. The van der Waals surface area contributed by atoms with E-state index < -0.39 is 5.97 Å². The van der Waals surface area contributed by atoms with Crippen LogP contribution in [0, 0.1) is 6.92 Å². The van der Waals surface area contributed by atoms with E-state index in [0.717, 1.165) is 5.56 Å². The van der Waals surface area contributed by atoms with Crippen LogP contribution in [0.15, 0.2) is 29.1 Å². The van der Waals surface area contributed by atoms with Crippen molar-refractivity contribution in [3.05, 3.63) is 61.5 Å². The molecule has 0 aliphatic rings. The standard InChI is InChI=1S/C20H22ClN3O3S/c1-5-27-20(26)16-10(2)15-18(25)23-17(24-19(15)28-16)12(4)22-11(3)13-6-8-14(21)9-7-13/h6-9,11-12,22H,5H2,1-4H3,(H,23,24,25)/p+1/t11-,12+/m1/s1. The minimum absolute atomic E-state index is 0.0729. The molecule has 8 heteroatoms. The number of ether oxygens (including phenoxy) is 1. The van der Waals surface area contributed by atoms with Gasteiger partial charge in [-0.25, -0.2) is 9.78 Å². The summed E-state index contributed by atoms with van der Waals surface area (Å²) in [6.07, 6.45) is 0. The van der Waals surface area contributed by atoms with Crippen LogP contribution in [0.25, 0.3) is 10.2 Å². The smallest absolute Gasteiger partial charge is 0.348 e. The van der Waals surface area contributed by atoms with Gasteiger partial charge in [0.15, 0.2) is 5.82 Å². The molecule has 0 amide bonds. The van der Waals surface area contributed by atoms with Crippen molar-refractivity contribution < 1.29 is 14.8 Å². The molecule has 0 radical (unpaired) electrons. The lowest BCUT2D eigenvalue weighted by Crippen LogP contribution is -2.85. The summed E-state index contributed by atoms with van der Waals surface area (Å²) in [6.45, 7) is 7.87. The lowest BCUT2D eigenvalue weighted by Gasteiger charge is -2.16. The van der Waals surface area contributed by atoms with Gasteiger partial charge < -0.3 is 15.0 Å². The van der Waals surface area contributed by atoms with E-state index in [4.69, 9.17) is 16.3 Å². The summed E-state index contributed by atoms with van der Waals surface area (Å²) in [5, 5.41) is 3.28. The largest absolute Gasteiger partial charge is 0.462 e. The Balaban J connectivity index is 1.89. The highest BCUT2D eigenvalue weighted by Crippen LogP contribution is 2.28. The van der Waals surface area contributed by atoms with E-state index >= 15 is 0 Å². The van der Waals surface area contributed by atoms with Crippen molar-refractivity contribution in [3.63, 3.8) is 0 Å². The topological polar surface area (TPSA) is 88.7 Å². The Morgan fingerprint density at radius 3 is 2.61 bits per heavy atom. The van der Waals surface area contributed by atoms with Gasteiger partial charge in [-0.2, -0.15) is 0 Å². The summed E-state index contributed by atoms with van der Waals surface area (Å²) in [4.78, 5) is 33.2. The third-order valence-corrected chi connectivity index (χ3v) is 6.10. The van der Waals surface area contributed by atoms with Crippen LogP contribution in [-0.2, 0) is 4.74 Å². The Labute approximate surface area is 171 Å². The number of rotatable bonds is 6. The maximum atomic E-state index is 12.6. The van der Waals surface area contributed by atoms with Crippen molar-refractivity contribution in [1.29, 1.82) is 0 Å². The van der Waals surface area contributed by atoms with Crippen LogP contribution in [0.2, 0.25) is 5.02 Å². The maximum absolute atomic E-state index is 12.6. The number of thiophene rings is 1. The Morgan fingerprint density at radius 1 is 1.29 bits per heavy atom. The van der Waals surface area contributed by atoms with Crippen molar-refractivity contribution in [2.45, 2.75) is 39.8 Å². The zero-order chi connectivity index (χ0) is 20.4. The first-order valence-electron chi connectivity index (χ1n) is 9.12. The van der Waals surface area contributed by atoms with Crippen LogP contribution in [0.4, 0.5) is 0 Å². The van der Waals surface area contributed by atoms with Crippen molar-refractivity contribution in [2.24, 2.45) is 0 Å². The van der Waals surface area contributed by atoms with Gasteiger partial charge in [0.25, 0.3) is 5.56 Å². The van der Waals surface area contributed by atoms with Gasteiger partial charge >= 0.3 is 5.97 Å². The lowest BCUT2D eigenvalue weighted by molar-refractivity contribution is -0.729. The molecule has 148 valence electrons. The van der Waals surface area contributed by atoms with E-state index in [0.29, 0.717) is 31.5 Å². The number of H-pyrrole nitrogens is 1. The minimum Gasteiger partial charge on any atom is -0.462 e. The fourth-order valence-corrected chi connectivity index (χ4v) is 4.38. The molecule has 0 bridgehead atoms. The summed E-state index contributed by atoms with van der Waals surface area (Å²) < 4.78 is 5.08. The number of hydrogen-bond donors (Lipinski definition) is 2. The monoisotopic (exact) mass is 420 g/mol. The molecule has 0 spiro atoms. The Morgan fingerprint density at radius 2 is 1.96 bits per heavy atom. The van der Waals surface area contributed by atoms with E-state index in [-0.39, 0.29) is 24.2 Å². The van der Waals surface area contributed by atoms with Crippen molar-refractivity contribution in [2.75, 3.05) is 6.61 Å². The molecule has 0 aliphatic heterocycles.